The second-order valence-corrected chi connectivity index (χ2v) is 8.18. The molecule has 1 amide bonds. The predicted molar refractivity (Wildman–Crippen MR) is 125 cm³/mol. The summed E-state index contributed by atoms with van der Waals surface area (Å²) in [5.74, 6) is 1.58. The number of rotatable bonds is 7. The molecule has 0 atom stereocenters. The van der Waals surface area contributed by atoms with Gasteiger partial charge in [-0.15, -0.1) is 11.8 Å². The number of thioether (sulfide) groups is 1. The largest absolute Gasteiger partial charge is 0.497 e. The zero-order chi connectivity index (χ0) is 20.9. The highest BCUT2D eigenvalue weighted by molar-refractivity contribution is 7.99. The monoisotopic (exact) mass is 416 g/mol. The minimum absolute atomic E-state index is 0.0371. The number of benzene rings is 3. The molecule has 0 bridgehead atoms. The van der Waals surface area contributed by atoms with Gasteiger partial charge in [-0.25, -0.2) is 0 Å². The van der Waals surface area contributed by atoms with Crippen LogP contribution in [0.25, 0.3) is 22.2 Å². The fourth-order valence-corrected chi connectivity index (χ4v) is 4.41. The van der Waals surface area contributed by atoms with Crippen molar-refractivity contribution in [2.75, 3.05) is 19.4 Å². The third-order valence-electron chi connectivity index (χ3n) is 4.98. The van der Waals surface area contributed by atoms with Gasteiger partial charge < -0.3 is 15.0 Å². The van der Waals surface area contributed by atoms with Crippen LogP contribution in [0.15, 0.2) is 77.7 Å². The van der Waals surface area contributed by atoms with Crippen molar-refractivity contribution < 1.29 is 9.53 Å². The molecule has 5 heteroatoms. The van der Waals surface area contributed by atoms with Crippen LogP contribution in [0, 0.1) is 6.92 Å². The van der Waals surface area contributed by atoms with Crippen LogP contribution >= 0.6 is 11.8 Å². The molecule has 0 aliphatic heterocycles. The zero-order valence-electron chi connectivity index (χ0n) is 17.1. The topological polar surface area (TPSA) is 54.1 Å². The molecule has 1 aromatic heterocycles. The van der Waals surface area contributed by atoms with E-state index in [1.54, 1.807) is 18.9 Å². The van der Waals surface area contributed by atoms with Crippen molar-refractivity contribution in [1.82, 2.24) is 10.3 Å². The molecule has 152 valence electrons. The van der Waals surface area contributed by atoms with Crippen molar-refractivity contribution in [2.24, 2.45) is 0 Å². The molecule has 0 aliphatic rings. The van der Waals surface area contributed by atoms with Crippen LogP contribution < -0.4 is 10.1 Å². The molecule has 4 rings (SSSR count). The number of hydrogen-bond acceptors (Lipinski definition) is 3. The van der Waals surface area contributed by atoms with E-state index in [1.807, 2.05) is 49.4 Å². The van der Waals surface area contributed by atoms with Gasteiger partial charge >= 0.3 is 0 Å². The Labute approximate surface area is 180 Å². The van der Waals surface area contributed by atoms with Crippen LogP contribution in [0.4, 0.5) is 0 Å². The van der Waals surface area contributed by atoms with E-state index in [9.17, 15) is 4.79 Å². The van der Waals surface area contributed by atoms with E-state index < -0.39 is 0 Å². The summed E-state index contributed by atoms with van der Waals surface area (Å²) < 4.78 is 5.28. The third-order valence-corrected chi connectivity index (χ3v) is 6.11. The molecule has 0 unspecified atom stereocenters. The Morgan fingerprint density at radius 3 is 2.47 bits per heavy atom. The first-order valence-electron chi connectivity index (χ1n) is 9.88. The predicted octanol–water partition coefficient (Wildman–Crippen LogP) is 5.67. The van der Waals surface area contributed by atoms with E-state index in [-0.39, 0.29) is 5.91 Å². The Morgan fingerprint density at radius 2 is 1.73 bits per heavy atom. The number of ether oxygens (including phenoxy) is 1. The molecule has 2 N–H and O–H groups in total. The number of para-hydroxylation sites is 1. The molecule has 30 heavy (non-hydrogen) atoms. The number of H-pyrrole nitrogens is 1. The summed E-state index contributed by atoms with van der Waals surface area (Å²) >= 11 is 1.75. The Bertz CT molecular complexity index is 1150. The standard InChI is InChI=1S/C25H24N2O2S/c1-17-7-9-19(10-8-17)25(28)26-15-16-30-24-21-5-3-4-6-22(21)27-23(24)18-11-13-20(29-2)14-12-18/h3-14,27H,15-16H2,1-2H3,(H,26,28). The van der Waals surface area contributed by atoms with Crippen LogP contribution in [-0.4, -0.2) is 30.3 Å². The van der Waals surface area contributed by atoms with Gasteiger partial charge in [-0.2, -0.15) is 0 Å². The van der Waals surface area contributed by atoms with Gasteiger partial charge in [-0.1, -0.05) is 35.9 Å². The van der Waals surface area contributed by atoms with Crippen LogP contribution in [0.5, 0.6) is 5.75 Å². The lowest BCUT2D eigenvalue weighted by Crippen LogP contribution is -2.25. The fraction of sp³-hybridized carbons (Fsp3) is 0.160. The summed E-state index contributed by atoms with van der Waals surface area (Å²) in [5, 5.41) is 4.21. The molecule has 4 aromatic rings. The van der Waals surface area contributed by atoms with Crippen molar-refractivity contribution in [1.29, 1.82) is 0 Å². The number of amides is 1. The lowest BCUT2D eigenvalue weighted by molar-refractivity contribution is 0.0956. The SMILES string of the molecule is COc1ccc(-c2[nH]c3ccccc3c2SCCNC(=O)c2ccc(C)cc2)cc1. The van der Waals surface area contributed by atoms with Crippen LogP contribution in [-0.2, 0) is 0 Å². The fourth-order valence-electron chi connectivity index (χ4n) is 3.35. The Morgan fingerprint density at radius 1 is 1.00 bits per heavy atom. The van der Waals surface area contributed by atoms with E-state index in [2.05, 4.69) is 40.6 Å². The quantitative estimate of drug-likeness (QED) is 0.301. The van der Waals surface area contributed by atoms with Gasteiger partial charge in [-0.05, 0) is 55.0 Å². The first-order valence-corrected chi connectivity index (χ1v) is 10.9. The second-order valence-electron chi connectivity index (χ2n) is 7.07. The van der Waals surface area contributed by atoms with Crippen LogP contribution in [0.3, 0.4) is 0 Å². The number of hydrogen-bond donors (Lipinski definition) is 2. The van der Waals surface area contributed by atoms with Crippen molar-refractivity contribution in [2.45, 2.75) is 11.8 Å². The highest BCUT2D eigenvalue weighted by atomic mass is 32.2. The number of carbonyl (C=O) groups is 1. The Balaban J connectivity index is 1.49. The average molecular weight is 417 g/mol. The second kappa shape index (κ2) is 9.09. The maximum atomic E-state index is 12.3. The normalized spacial score (nSPS) is 10.9. The van der Waals surface area contributed by atoms with Crippen LogP contribution in [0.1, 0.15) is 15.9 Å². The molecular weight excluding hydrogens is 392 g/mol. The smallest absolute Gasteiger partial charge is 0.251 e. The molecule has 0 radical (unpaired) electrons. The minimum Gasteiger partial charge on any atom is -0.497 e. The minimum atomic E-state index is -0.0371. The lowest BCUT2D eigenvalue weighted by atomic mass is 10.1. The number of aromatic amines is 1. The van der Waals surface area contributed by atoms with Crippen molar-refractivity contribution in [3.8, 4) is 17.0 Å². The van der Waals surface area contributed by atoms with E-state index in [0.29, 0.717) is 12.1 Å². The highest BCUT2D eigenvalue weighted by Crippen LogP contribution is 2.38. The maximum absolute atomic E-state index is 12.3. The molecule has 3 aromatic carbocycles. The van der Waals surface area contributed by atoms with Gasteiger partial charge in [0.15, 0.2) is 0 Å². The summed E-state index contributed by atoms with van der Waals surface area (Å²) in [7, 11) is 1.67. The van der Waals surface area contributed by atoms with Gasteiger partial charge in [0.2, 0.25) is 0 Å². The number of aryl methyl sites for hydroxylation is 1. The molecular formula is C25H24N2O2S. The zero-order valence-corrected chi connectivity index (χ0v) is 17.9. The van der Waals surface area contributed by atoms with E-state index in [0.717, 1.165) is 33.8 Å². The van der Waals surface area contributed by atoms with E-state index >= 15 is 0 Å². The number of aromatic nitrogens is 1. The number of nitrogens with one attached hydrogen (secondary N) is 2. The first kappa shape index (κ1) is 20.1. The lowest BCUT2D eigenvalue weighted by Gasteiger charge is -2.08. The maximum Gasteiger partial charge on any atom is 0.251 e. The first-order chi connectivity index (χ1) is 14.7. The van der Waals surface area contributed by atoms with Crippen molar-refractivity contribution in [3.05, 3.63) is 83.9 Å². The van der Waals surface area contributed by atoms with Gasteiger partial charge in [0.1, 0.15) is 5.75 Å². The van der Waals surface area contributed by atoms with Gasteiger partial charge in [0.25, 0.3) is 5.91 Å². The van der Waals surface area contributed by atoms with E-state index in [1.165, 1.54) is 10.3 Å². The number of methoxy groups -OCH3 is 1. The van der Waals surface area contributed by atoms with Gasteiger partial charge in [-0.3, -0.25) is 4.79 Å². The van der Waals surface area contributed by atoms with Crippen LogP contribution in [0.2, 0.25) is 0 Å². The summed E-state index contributed by atoms with van der Waals surface area (Å²) in [6.45, 7) is 2.61. The molecule has 0 fully saturated rings. The third kappa shape index (κ3) is 4.36. The molecule has 0 spiro atoms. The number of fused-ring (bicyclic) bond motifs is 1. The summed E-state index contributed by atoms with van der Waals surface area (Å²) in [6.07, 6.45) is 0. The van der Waals surface area contributed by atoms with Gasteiger partial charge in [0, 0.05) is 33.7 Å². The molecule has 4 nitrogen and oxygen atoms in total. The summed E-state index contributed by atoms with van der Waals surface area (Å²) in [4.78, 5) is 17.1. The molecule has 0 saturated heterocycles. The van der Waals surface area contributed by atoms with E-state index in [4.69, 9.17) is 4.74 Å². The number of carbonyl (C=O) groups excluding carboxylic acids is 1. The molecule has 0 saturated carbocycles. The molecule has 0 aliphatic carbocycles. The summed E-state index contributed by atoms with van der Waals surface area (Å²) in [5.41, 5.74) is 5.14. The summed E-state index contributed by atoms with van der Waals surface area (Å²) in [6, 6.07) is 24.0. The highest BCUT2D eigenvalue weighted by Gasteiger charge is 2.14. The Kier molecular flexibility index (Phi) is 6.10. The van der Waals surface area contributed by atoms with Crippen molar-refractivity contribution in [3.63, 3.8) is 0 Å². The average Bonchev–Trinajstić information content (AvgIpc) is 3.15. The van der Waals surface area contributed by atoms with Gasteiger partial charge in [0.05, 0.1) is 12.8 Å². The Hall–Kier alpha value is -3.18. The van der Waals surface area contributed by atoms with Crippen molar-refractivity contribution >= 4 is 28.6 Å². The molecule has 1 heterocycles.